The van der Waals surface area contributed by atoms with Crippen LogP contribution in [0.15, 0.2) is 0 Å². The van der Waals surface area contributed by atoms with E-state index < -0.39 is 49.5 Å². The molecule has 1 saturated heterocycles. The number of unbranched alkanes of at least 4 members (excludes halogenated alkanes) is 48. The third-order valence-electron chi connectivity index (χ3n) is 16.2. The highest BCUT2D eigenvalue weighted by atomic mass is 16.7. The minimum absolute atomic E-state index is 0.130. The lowest BCUT2D eigenvalue weighted by atomic mass is 9.99. The van der Waals surface area contributed by atoms with Crippen LogP contribution in [0, 0.1) is 0 Å². The summed E-state index contributed by atoms with van der Waals surface area (Å²) >= 11 is 0. The van der Waals surface area contributed by atoms with Gasteiger partial charge >= 0.3 is 0 Å². The first-order valence-corrected chi connectivity index (χ1v) is 32.7. The van der Waals surface area contributed by atoms with E-state index in [1.807, 2.05) is 0 Å². The standard InChI is InChI=1S/C64H127NO8/c1-3-5-7-9-11-13-15-17-19-21-23-25-27-28-29-30-32-33-35-37-39-41-43-45-47-49-51-53-58(67)57(56-72-64-63(71)62(70)61(69)59(55-66)73-64)65-60(68)54-52-50-48-46-44-42-40-38-36-34-31-26-24-22-20-18-16-14-12-10-8-6-4-2/h57-59,61-64,66-67,69-71H,3-56H2,1-2H3,(H,65,68). The molecule has 436 valence electrons. The van der Waals surface area contributed by atoms with E-state index in [4.69, 9.17) is 9.47 Å². The molecule has 0 aromatic rings. The number of amides is 1. The summed E-state index contributed by atoms with van der Waals surface area (Å²) in [5, 5.41) is 54.9. The Morgan fingerprint density at radius 3 is 0.973 bits per heavy atom. The number of hydrogen-bond donors (Lipinski definition) is 6. The lowest BCUT2D eigenvalue weighted by Crippen LogP contribution is -2.60. The maximum absolute atomic E-state index is 13.1. The number of carbonyl (C=O) groups is 1. The van der Waals surface area contributed by atoms with Gasteiger partial charge in [0.15, 0.2) is 6.29 Å². The quantitative estimate of drug-likeness (QED) is 0.0330. The zero-order valence-electron chi connectivity index (χ0n) is 48.7. The Balaban J connectivity index is 2.13. The van der Waals surface area contributed by atoms with Gasteiger partial charge in [0.2, 0.25) is 5.91 Å². The predicted octanol–water partition coefficient (Wildman–Crippen LogP) is 17.0. The van der Waals surface area contributed by atoms with Crippen LogP contribution in [0.2, 0.25) is 0 Å². The fraction of sp³-hybridized carbons (Fsp3) is 0.984. The Kier molecular flexibility index (Phi) is 52.5. The van der Waals surface area contributed by atoms with Gasteiger partial charge in [-0.15, -0.1) is 0 Å². The molecule has 1 heterocycles. The minimum Gasteiger partial charge on any atom is -0.394 e. The van der Waals surface area contributed by atoms with Crippen molar-refractivity contribution >= 4 is 5.91 Å². The largest absolute Gasteiger partial charge is 0.394 e. The summed E-state index contributed by atoms with van der Waals surface area (Å²) in [5.41, 5.74) is 0. The van der Waals surface area contributed by atoms with Crippen molar-refractivity contribution in [2.75, 3.05) is 13.2 Å². The first kappa shape index (κ1) is 70.2. The van der Waals surface area contributed by atoms with Crippen molar-refractivity contribution in [1.82, 2.24) is 5.32 Å². The fourth-order valence-electron chi connectivity index (χ4n) is 11.0. The van der Waals surface area contributed by atoms with E-state index in [0.29, 0.717) is 12.8 Å². The van der Waals surface area contributed by atoms with Crippen LogP contribution in [0.3, 0.4) is 0 Å². The Morgan fingerprint density at radius 2 is 0.685 bits per heavy atom. The van der Waals surface area contributed by atoms with Crippen molar-refractivity contribution in [3.8, 4) is 0 Å². The van der Waals surface area contributed by atoms with Crippen molar-refractivity contribution in [3.05, 3.63) is 0 Å². The zero-order chi connectivity index (χ0) is 52.9. The maximum Gasteiger partial charge on any atom is 0.220 e. The van der Waals surface area contributed by atoms with Crippen molar-refractivity contribution in [2.24, 2.45) is 0 Å². The van der Waals surface area contributed by atoms with Gasteiger partial charge in [-0.2, -0.15) is 0 Å². The van der Waals surface area contributed by atoms with E-state index in [1.165, 1.54) is 283 Å². The average Bonchev–Trinajstić information content (AvgIpc) is 3.39. The monoisotopic (exact) mass is 1040 g/mol. The number of aliphatic hydroxyl groups is 5. The molecule has 1 fully saturated rings. The molecule has 9 nitrogen and oxygen atoms in total. The molecule has 73 heavy (non-hydrogen) atoms. The van der Waals surface area contributed by atoms with Crippen molar-refractivity contribution < 1.29 is 39.8 Å². The third-order valence-corrected chi connectivity index (χ3v) is 16.2. The molecule has 0 aliphatic carbocycles. The Bertz CT molecular complexity index is 1110. The van der Waals surface area contributed by atoms with Gasteiger partial charge in [-0.3, -0.25) is 4.79 Å². The van der Waals surface area contributed by atoms with Crippen molar-refractivity contribution in [2.45, 2.75) is 391 Å². The van der Waals surface area contributed by atoms with E-state index >= 15 is 0 Å². The summed E-state index contributed by atoms with van der Waals surface area (Å²) in [6.07, 6.45) is 60.1. The number of ether oxygens (including phenoxy) is 2. The van der Waals surface area contributed by atoms with Gasteiger partial charge in [-0.1, -0.05) is 328 Å². The predicted molar refractivity (Wildman–Crippen MR) is 309 cm³/mol. The highest BCUT2D eigenvalue weighted by Gasteiger charge is 2.44. The van der Waals surface area contributed by atoms with Crippen LogP contribution in [0.25, 0.3) is 0 Å². The molecule has 7 unspecified atom stereocenters. The molecule has 1 amide bonds. The SMILES string of the molecule is CCCCCCCCCCCCCCCCCCCCCCCCCCCCCC(O)C(COC1OC(CO)C(O)C(O)C1O)NC(=O)CCCCCCCCCCCCCCCCCCCCCCCCC. The minimum atomic E-state index is -1.55. The molecule has 6 N–H and O–H groups in total. The first-order valence-electron chi connectivity index (χ1n) is 32.7. The van der Waals surface area contributed by atoms with E-state index in [9.17, 15) is 30.3 Å². The summed E-state index contributed by atoms with van der Waals surface area (Å²) in [4.78, 5) is 13.1. The normalized spacial score (nSPS) is 18.9. The van der Waals surface area contributed by atoms with Crippen LogP contribution in [0.5, 0.6) is 0 Å². The number of nitrogens with one attached hydrogen (secondary N) is 1. The van der Waals surface area contributed by atoms with E-state index in [2.05, 4.69) is 19.2 Å². The van der Waals surface area contributed by atoms with Crippen LogP contribution in [-0.2, 0) is 14.3 Å². The number of hydrogen-bond acceptors (Lipinski definition) is 8. The third kappa shape index (κ3) is 43.8. The Labute approximate surface area is 453 Å². The summed E-state index contributed by atoms with van der Waals surface area (Å²) in [5.74, 6) is -0.134. The van der Waals surface area contributed by atoms with Gasteiger partial charge in [0.05, 0.1) is 25.4 Å². The summed E-state index contributed by atoms with van der Waals surface area (Å²) in [7, 11) is 0. The van der Waals surface area contributed by atoms with E-state index in [1.54, 1.807) is 0 Å². The molecule has 1 aliphatic rings. The first-order chi connectivity index (χ1) is 35.8. The smallest absolute Gasteiger partial charge is 0.220 e. The Morgan fingerprint density at radius 1 is 0.411 bits per heavy atom. The van der Waals surface area contributed by atoms with Gasteiger partial charge in [0, 0.05) is 6.42 Å². The van der Waals surface area contributed by atoms with Crippen LogP contribution >= 0.6 is 0 Å². The lowest BCUT2D eigenvalue weighted by Gasteiger charge is -2.40. The molecule has 0 saturated carbocycles. The number of aliphatic hydroxyl groups excluding tert-OH is 5. The number of rotatable bonds is 58. The lowest BCUT2D eigenvalue weighted by molar-refractivity contribution is -0.302. The van der Waals surface area contributed by atoms with Gasteiger partial charge in [-0.05, 0) is 12.8 Å². The van der Waals surface area contributed by atoms with Crippen LogP contribution < -0.4 is 5.32 Å². The molecule has 0 bridgehead atoms. The highest BCUT2D eigenvalue weighted by Crippen LogP contribution is 2.24. The molecular weight excluding hydrogens is 911 g/mol. The average molecular weight is 1040 g/mol. The molecule has 0 aromatic carbocycles. The van der Waals surface area contributed by atoms with Crippen LogP contribution in [0.1, 0.15) is 348 Å². The molecular formula is C64H127NO8. The van der Waals surface area contributed by atoms with Crippen molar-refractivity contribution in [1.29, 1.82) is 0 Å². The molecule has 9 heteroatoms. The molecule has 1 aliphatic heterocycles. The van der Waals surface area contributed by atoms with Crippen LogP contribution in [0.4, 0.5) is 0 Å². The van der Waals surface area contributed by atoms with E-state index in [0.717, 1.165) is 38.5 Å². The highest BCUT2D eigenvalue weighted by molar-refractivity contribution is 5.76. The van der Waals surface area contributed by atoms with Gasteiger partial charge in [0.25, 0.3) is 0 Å². The second-order valence-corrected chi connectivity index (χ2v) is 23.3. The Hall–Kier alpha value is -0.810. The van der Waals surface area contributed by atoms with Gasteiger partial charge < -0.3 is 40.3 Å². The van der Waals surface area contributed by atoms with Crippen LogP contribution in [-0.4, -0.2) is 87.5 Å². The topological polar surface area (TPSA) is 149 Å². The van der Waals surface area contributed by atoms with Gasteiger partial charge in [0.1, 0.15) is 24.4 Å². The molecule has 0 aromatic heterocycles. The summed E-state index contributed by atoms with van der Waals surface area (Å²) in [6, 6.07) is -0.714. The maximum atomic E-state index is 13.1. The summed E-state index contributed by atoms with van der Waals surface area (Å²) < 4.78 is 11.4. The second kappa shape index (κ2) is 54.5. The molecule has 1 rings (SSSR count). The fourth-order valence-corrected chi connectivity index (χ4v) is 11.0. The molecule has 0 radical (unpaired) electrons. The van der Waals surface area contributed by atoms with Gasteiger partial charge in [-0.25, -0.2) is 0 Å². The van der Waals surface area contributed by atoms with E-state index in [-0.39, 0.29) is 12.5 Å². The molecule has 7 atom stereocenters. The second-order valence-electron chi connectivity index (χ2n) is 23.3. The zero-order valence-corrected chi connectivity index (χ0v) is 48.7. The number of carbonyl (C=O) groups excluding carboxylic acids is 1. The summed E-state index contributed by atoms with van der Waals surface area (Å²) in [6.45, 7) is 3.90. The molecule has 0 spiro atoms. The van der Waals surface area contributed by atoms with Crippen molar-refractivity contribution in [3.63, 3.8) is 0 Å².